The van der Waals surface area contributed by atoms with Crippen LogP contribution in [0.5, 0.6) is 0 Å². The summed E-state index contributed by atoms with van der Waals surface area (Å²) in [5, 5.41) is 3.94. The van der Waals surface area contributed by atoms with Gasteiger partial charge in [0.1, 0.15) is 0 Å². The third kappa shape index (κ3) is 1.24. The molecule has 0 N–H and O–H groups in total. The molecule has 0 bridgehead atoms. The molecule has 0 spiro atoms. The Kier molecular flexibility index (Phi) is 2.17. The van der Waals surface area contributed by atoms with Crippen molar-refractivity contribution in [3.05, 3.63) is 34.2 Å². The smallest absolute Gasteiger partial charge is 0.0127 e. The van der Waals surface area contributed by atoms with Gasteiger partial charge in [0.25, 0.3) is 0 Å². The molecule has 0 fully saturated rings. The van der Waals surface area contributed by atoms with Gasteiger partial charge < -0.3 is 0 Å². The van der Waals surface area contributed by atoms with E-state index in [0.717, 1.165) is 10.4 Å². The lowest BCUT2D eigenvalue weighted by atomic mass is 10.2. The molecule has 0 unspecified atom stereocenters. The van der Waals surface area contributed by atoms with Gasteiger partial charge in [0.05, 0.1) is 0 Å². The molecule has 0 aliphatic carbocycles. The third-order valence-electron chi connectivity index (χ3n) is 1.59. The average molecular weight is 150 g/mol. The van der Waals surface area contributed by atoms with Crippen LogP contribution in [0.25, 0.3) is 12.0 Å². The van der Waals surface area contributed by atoms with E-state index in [0.29, 0.717) is 0 Å². The van der Waals surface area contributed by atoms with Gasteiger partial charge in [-0.2, -0.15) is 12.6 Å². The molecular formula is C9H10S. The highest BCUT2D eigenvalue weighted by molar-refractivity contribution is 7.88. The Hall–Kier alpha value is -0.690. The summed E-state index contributed by atoms with van der Waals surface area (Å²) in [5.41, 5.74) is 1.21. The molecule has 1 aromatic carbocycles. The molecule has 0 saturated heterocycles. The molecule has 10 heavy (non-hydrogen) atoms. The molecule has 0 heterocycles. The van der Waals surface area contributed by atoms with Crippen LogP contribution >= 0.6 is 12.6 Å². The predicted octanol–water partition coefficient (Wildman–Crippen LogP) is 1.07. The quantitative estimate of drug-likeness (QED) is 0.526. The summed E-state index contributed by atoms with van der Waals surface area (Å²) in [5.74, 6) is 0. The molecule has 0 aromatic heterocycles. The topological polar surface area (TPSA) is 0 Å². The number of rotatable bonds is 0. The monoisotopic (exact) mass is 150 g/mol. The molecule has 0 atom stereocenters. The Morgan fingerprint density at radius 1 is 1.50 bits per heavy atom. The van der Waals surface area contributed by atoms with Crippen LogP contribution in [0.3, 0.4) is 0 Å². The fourth-order valence-corrected chi connectivity index (χ4v) is 1.09. The minimum atomic E-state index is 1.07. The van der Waals surface area contributed by atoms with Crippen molar-refractivity contribution in [2.45, 2.75) is 6.92 Å². The molecule has 0 aliphatic rings. The van der Waals surface area contributed by atoms with Crippen LogP contribution in [-0.2, 0) is 0 Å². The van der Waals surface area contributed by atoms with Crippen LogP contribution < -0.4 is 10.4 Å². The standard InChI is InChI=1S/C9H10S/c1-7-4-3-5-9(6-10)8(7)2/h3-6,10H,2H2,1H3/b9-6-. The summed E-state index contributed by atoms with van der Waals surface area (Å²) in [7, 11) is 0. The first-order chi connectivity index (χ1) is 4.75. The highest BCUT2D eigenvalue weighted by atomic mass is 32.1. The lowest BCUT2D eigenvalue weighted by Crippen LogP contribution is -2.24. The summed E-state index contributed by atoms with van der Waals surface area (Å²) in [4.78, 5) is 0. The fourth-order valence-electron chi connectivity index (χ4n) is 0.846. The molecule has 0 nitrogen and oxygen atoms in total. The second-order valence-electron chi connectivity index (χ2n) is 2.27. The van der Waals surface area contributed by atoms with E-state index in [9.17, 15) is 0 Å². The van der Waals surface area contributed by atoms with Crippen molar-refractivity contribution in [3.63, 3.8) is 0 Å². The average Bonchev–Trinajstić information content (AvgIpc) is 1.95. The summed E-state index contributed by atoms with van der Waals surface area (Å²) in [6.07, 6.45) is 0. The van der Waals surface area contributed by atoms with Gasteiger partial charge in [0.15, 0.2) is 0 Å². The normalized spacial score (nSPS) is 12.0. The Morgan fingerprint density at radius 2 is 2.20 bits per heavy atom. The molecule has 0 amide bonds. The van der Waals surface area contributed by atoms with E-state index in [4.69, 9.17) is 0 Å². The zero-order chi connectivity index (χ0) is 7.56. The number of benzene rings is 1. The minimum Gasteiger partial charge on any atom is -0.151 e. The fraction of sp³-hybridized carbons (Fsp3) is 0.111. The van der Waals surface area contributed by atoms with E-state index < -0.39 is 0 Å². The largest absolute Gasteiger partial charge is 0.151 e. The lowest BCUT2D eigenvalue weighted by Gasteiger charge is -1.91. The van der Waals surface area contributed by atoms with Gasteiger partial charge >= 0.3 is 0 Å². The molecule has 1 rings (SSSR count). The van der Waals surface area contributed by atoms with E-state index in [1.54, 1.807) is 5.41 Å². The van der Waals surface area contributed by atoms with Gasteiger partial charge in [-0.3, -0.25) is 0 Å². The summed E-state index contributed by atoms with van der Waals surface area (Å²) in [6.45, 7) is 5.96. The highest BCUT2D eigenvalue weighted by Gasteiger charge is 1.84. The maximum absolute atomic E-state index is 4.06. The number of thiol groups is 1. The highest BCUT2D eigenvalue weighted by Crippen LogP contribution is 1.82. The number of aryl methyl sites for hydroxylation is 1. The van der Waals surface area contributed by atoms with Crippen LogP contribution in [0.4, 0.5) is 0 Å². The molecule has 52 valence electrons. The van der Waals surface area contributed by atoms with Gasteiger partial charge in [0.2, 0.25) is 0 Å². The zero-order valence-electron chi connectivity index (χ0n) is 5.96. The van der Waals surface area contributed by atoms with Gasteiger partial charge in [-0.1, -0.05) is 24.8 Å². The SMILES string of the molecule is C=c1c(C)ccc/c1=C/S. The van der Waals surface area contributed by atoms with Crippen LogP contribution in [-0.4, -0.2) is 0 Å². The van der Waals surface area contributed by atoms with Gasteiger partial charge in [-0.05, 0) is 28.3 Å². The van der Waals surface area contributed by atoms with E-state index >= 15 is 0 Å². The van der Waals surface area contributed by atoms with Gasteiger partial charge in [-0.15, -0.1) is 0 Å². The molecule has 0 saturated carbocycles. The van der Waals surface area contributed by atoms with Crippen molar-refractivity contribution < 1.29 is 0 Å². The summed E-state index contributed by atoms with van der Waals surface area (Å²) in [6, 6.07) is 6.05. The Balaban J connectivity index is 3.60. The van der Waals surface area contributed by atoms with Crippen molar-refractivity contribution >= 4 is 24.6 Å². The minimum absolute atomic E-state index is 1.07. The van der Waals surface area contributed by atoms with Crippen molar-refractivity contribution in [1.29, 1.82) is 0 Å². The second kappa shape index (κ2) is 2.93. The van der Waals surface area contributed by atoms with Crippen LogP contribution in [0.2, 0.25) is 0 Å². The number of hydrogen-bond donors (Lipinski definition) is 1. The maximum Gasteiger partial charge on any atom is -0.0127 e. The van der Waals surface area contributed by atoms with E-state index in [-0.39, 0.29) is 0 Å². The Morgan fingerprint density at radius 3 is 2.70 bits per heavy atom. The van der Waals surface area contributed by atoms with Gasteiger partial charge in [0, 0.05) is 0 Å². The van der Waals surface area contributed by atoms with Crippen molar-refractivity contribution in [1.82, 2.24) is 0 Å². The van der Waals surface area contributed by atoms with E-state index in [1.165, 1.54) is 5.56 Å². The Labute approximate surface area is 66.3 Å². The molecule has 1 aromatic rings. The first-order valence-corrected chi connectivity index (χ1v) is 3.66. The zero-order valence-corrected chi connectivity index (χ0v) is 6.86. The van der Waals surface area contributed by atoms with Gasteiger partial charge in [-0.25, -0.2) is 0 Å². The molecule has 0 aliphatic heterocycles. The molecule has 0 radical (unpaired) electrons. The van der Waals surface area contributed by atoms with Crippen LogP contribution in [0.1, 0.15) is 5.56 Å². The molecular weight excluding hydrogens is 140 g/mol. The predicted molar refractivity (Wildman–Crippen MR) is 49.4 cm³/mol. The van der Waals surface area contributed by atoms with Crippen LogP contribution in [0, 0.1) is 6.92 Å². The van der Waals surface area contributed by atoms with E-state index in [1.807, 2.05) is 25.1 Å². The first kappa shape index (κ1) is 7.42. The summed E-state index contributed by atoms with van der Waals surface area (Å²) < 4.78 is 0. The van der Waals surface area contributed by atoms with Crippen LogP contribution in [0.15, 0.2) is 18.2 Å². The third-order valence-corrected chi connectivity index (χ3v) is 1.86. The first-order valence-electron chi connectivity index (χ1n) is 3.14. The lowest BCUT2D eigenvalue weighted by molar-refractivity contribution is 1.38. The maximum atomic E-state index is 4.06. The second-order valence-corrected chi connectivity index (χ2v) is 2.53. The van der Waals surface area contributed by atoms with Crippen molar-refractivity contribution in [2.75, 3.05) is 0 Å². The molecule has 1 heteroatoms. The number of hydrogen-bond acceptors (Lipinski definition) is 1. The van der Waals surface area contributed by atoms with Crippen molar-refractivity contribution in [2.24, 2.45) is 0 Å². The Bertz CT molecular complexity index is 325. The summed E-state index contributed by atoms with van der Waals surface area (Å²) >= 11 is 4.06. The van der Waals surface area contributed by atoms with E-state index in [2.05, 4.69) is 19.2 Å². The van der Waals surface area contributed by atoms with Crippen molar-refractivity contribution in [3.8, 4) is 0 Å².